The number of rotatable bonds is 2. The monoisotopic (exact) mass is 234 g/mol. The van der Waals surface area contributed by atoms with Gasteiger partial charge in [-0.3, -0.25) is 0 Å². The van der Waals surface area contributed by atoms with Crippen LogP contribution in [0.5, 0.6) is 5.75 Å². The van der Waals surface area contributed by atoms with E-state index >= 15 is 0 Å². The Morgan fingerprint density at radius 3 is 2.71 bits per heavy atom. The number of aromatic carboxylic acids is 1. The van der Waals surface area contributed by atoms with Crippen LogP contribution >= 0.6 is 0 Å². The van der Waals surface area contributed by atoms with Gasteiger partial charge in [-0.1, -0.05) is 6.92 Å². The largest absolute Gasteiger partial charge is 0.507 e. The highest BCUT2D eigenvalue weighted by Gasteiger charge is 2.18. The predicted molar refractivity (Wildman–Crippen MR) is 60.5 cm³/mol. The molecule has 0 aliphatic rings. The molecule has 5 nitrogen and oxygen atoms in total. The van der Waals surface area contributed by atoms with Gasteiger partial charge in [0.1, 0.15) is 11.3 Å². The number of hydrogen-bond donors (Lipinski definition) is 2. The molecule has 2 N–H and O–H groups in total. The van der Waals surface area contributed by atoms with Crippen LogP contribution in [0.25, 0.3) is 11.0 Å². The van der Waals surface area contributed by atoms with Crippen LogP contribution in [0.15, 0.2) is 27.4 Å². The van der Waals surface area contributed by atoms with Crippen molar-refractivity contribution < 1.29 is 19.4 Å². The average Bonchev–Trinajstić information content (AvgIpc) is 2.26. The molecule has 0 saturated carbocycles. The fourth-order valence-corrected chi connectivity index (χ4v) is 1.78. The summed E-state index contributed by atoms with van der Waals surface area (Å²) < 4.78 is 4.88. The Hall–Kier alpha value is -2.30. The molecule has 0 amide bonds. The molecule has 1 aromatic carbocycles. The average molecular weight is 234 g/mol. The number of hydrogen-bond acceptors (Lipinski definition) is 4. The zero-order chi connectivity index (χ0) is 12.6. The van der Waals surface area contributed by atoms with Crippen molar-refractivity contribution in [1.29, 1.82) is 0 Å². The molecular weight excluding hydrogens is 224 g/mol. The summed E-state index contributed by atoms with van der Waals surface area (Å²) in [6.07, 6.45) is 0.575. The van der Waals surface area contributed by atoms with Crippen molar-refractivity contribution in [3.05, 3.63) is 39.7 Å². The molecule has 17 heavy (non-hydrogen) atoms. The molecule has 5 heteroatoms. The molecule has 0 aliphatic carbocycles. The van der Waals surface area contributed by atoms with Gasteiger partial charge in [-0.15, -0.1) is 0 Å². The maximum Gasteiger partial charge on any atom is 0.343 e. The summed E-state index contributed by atoms with van der Waals surface area (Å²) in [5.41, 5.74) is -0.391. The first-order valence-electron chi connectivity index (χ1n) is 5.06. The molecule has 88 valence electrons. The number of benzene rings is 1. The van der Waals surface area contributed by atoms with Crippen molar-refractivity contribution in [2.24, 2.45) is 0 Å². The Labute approximate surface area is 95.9 Å². The number of phenols is 1. The minimum Gasteiger partial charge on any atom is -0.507 e. The van der Waals surface area contributed by atoms with E-state index in [0.29, 0.717) is 17.4 Å². The summed E-state index contributed by atoms with van der Waals surface area (Å²) in [7, 11) is 0. The van der Waals surface area contributed by atoms with Crippen molar-refractivity contribution in [1.82, 2.24) is 0 Å². The summed E-state index contributed by atoms with van der Waals surface area (Å²) in [6, 6.07) is 4.15. The van der Waals surface area contributed by atoms with E-state index in [0.717, 1.165) is 0 Å². The minimum atomic E-state index is -1.33. The topological polar surface area (TPSA) is 87.7 Å². The first-order valence-corrected chi connectivity index (χ1v) is 5.06. The zero-order valence-corrected chi connectivity index (χ0v) is 9.06. The van der Waals surface area contributed by atoms with E-state index in [9.17, 15) is 14.7 Å². The molecule has 1 heterocycles. The van der Waals surface area contributed by atoms with Gasteiger partial charge in [-0.2, -0.15) is 0 Å². The quantitative estimate of drug-likeness (QED) is 0.773. The van der Waals surface area contributed by atoms with Gasteiger partial charge in [-0.25, -0.2) is 9.59 Å². The molecular formula is C12H10O5. The fourth-order valence-electron chi connectivity index (χ4n) is 1.78. The number of aromatic hydroxyl groups is 1. The highest BCUT2D eigenvalue weighted by molar-refractivity contribution is 6.04. The van der Waals surface area contributed by atoms with Gasteiger partial charge in [0, 0.05) is 11.5 Å². The van der Waals surface area contributed by atoms with Crippen LogP contribution in [-0.4, -0.2) is 16.2 Å². The lowest BCUT2D eigenvalue weighted by atomic mass is 10.0. The lowest BCUT2D eigenvalue weighted by Gasteiger charge is -2.06. The lowest BCUT2D eigenvalue weighted by Crippen LogP contribution is -2.05. The maximum atomic E-state index is 11.3. The number of carboxylic acid groups (broad SMARTS) is 1. The Balaban J connectivity index is 2.99. The maximum absolute atomic E-state index is 11.3. The summed E-state index contributed by atoms with van der Waals surface area (Å²) in [4.78, 5) is 22.3. The Morgan fingerprint density at radius 1 is 1.41 bits per heavy atom. The van der Waals surface area contributed by atoms with Crippen LogP contribution < -0.4 is 5.63 Å². The number of aryl methyl sites for hydroxylation is 1. The molecule has 1 aromatic heterocycles. The van der Waals surface area contributed by atoms with Crippen LogP contribution in [0.1, 0.15) is 22.8 Å². The Morgan fingerprint density at radius 2 is 2.12 bits per heavy atom. The molecule has 2 aromatic rings. The van der Waals surface area contributed by atoms with E-state index in [1.54, 1.807) is 6.07 Å². The zero-order valence-electron chi connectivity index (χ0n) is 9.06. The third kappa shape index (κ3) is 1.75. The summed E-state index contributed by atoms with van der Waals surface area (Å²) >= 11 is 0. The van der Waals surface area contributed by atoms with E-state index in [-0.39, 0.29) is 11.1 Å². The van der Waals surface area contributed by atoms with E-state index in [1.807, 2.05) is 6.92 Å². The van der Waals surface area contributed by atoms with Gasteiger partial charge in [0.05, 0.1) is 0 Å². The SMILES string of the molecule is CCc1cc(=O)oc2c(C(=O)O)c(O)ccc12. The van der Waals surface area contributed by atoms with Crippen LogP contribution in [-0.2, 0) is 6.42 Å². The molecule has 0 saturated heterocycles. The second-order valence-electron chi connectivity index (χ2n) is 3.59. The second kappa shape index (κ2) is 3.93. The van der Waals surface area contributed by atoms with Crippen LogP contribution in [0.2, 0.25) is 0 Å². The van der Waals surface area contributed by atoms with Crippen LogP contribution in [0, 0.1) is 0 Å². The van der Waals surface area contributed by atoms with Crippen molar-refractivity contribution in [2.75, 3.05) is 0 Å². The molecule has 0 spiro atoms. The third-order valence-corrected chi connectivity index (χ3v) is 2.57. The molecule has 0 atom stereocenters. The molecule has 0 bridgehead atoms. The third-order valence-electron chi connectivity index (χ3n) is 2.57. The van der Waals surface area contributed by atoms with Crippen molar-refractivity contribution >= 4 is 16.9 Å². The highest BCUT2D eigenvalue weighted by Crippen LogP contribution is 2.28. The molecule has 0 radical (unpaired) electrons. The highest BCUT2D eigenvalue weighted by atomic mass is 16.4. The van der Waals surface area contributed by atoms with Gasteiger partial charge in [-0.05, 0) is 24.1 Å². The van der Waals surface area contributed by atoms with Crippen LogP contribution in [0.4, 0.5) is 0 Å². The molecule has 0 aliphatic heterocycles. The fraction of sp³-hybridized carbons (Fsp3) is 0.167. The van der Waals surface area contributed by atoms with E-state index < -0.39 is 17.3 Å². The van der Waals surface area contributed by atoms with E-state index in [1.165, 1.54) is 12.1 Å². The smallest absolute Gasteiger partial charge is 0.343 e. The second-order valence-corrected chi connectivity index (χ2v) is 3.59. The minimum absolute atomic E-state index is 0.0816. The first-order chi connectivity index (χ1) is 8.04. The van der Waals surface area contributed by atoms with E-state index in [2.05, 4.69) is 0 Å². The van der Waals surface area contributed by atoms with E-state index in [4.69, 9.17) is 9.52 Å². The van der Waals surface area contributed by atoms with Crippen molar-refractivity contribution in [3.8, 4) is 5.75 Å². The summed E-state index contributed by atoms with van der Waals surface area (Å²) in [5.74, 6) is -1.74. The molecule has 0 fully saturated rings. The Kier molecular flexibility index (Phi) is 2.59. The Bertz CT molecular complexity index is 654. The summed E-state index contributed by atoms with van der Waals surface area (Å²) in [6.45, 7) is 1.85. The predicted octanol–water partition coefficient (Wildman–Crippen LogP) is 1.76. The van der Waals surface area contributed by atoms with Gasteiger partial charge in [0.2, 0.25) is 0 Å². The number of carbonyl (C=O) groups is 1. The van der Waals surface area contributed by atoms with Gasteiger partial charge < -0.3 is 14.6 Å². The lowest BCUT2D eigenvalue weighted by molar-refractivity contribution is 0.0694. The molecule has 0 unspecified atom stereocenters. The van der Waals surface area contributed by atoms with Gasteiger partial charge in [0.15, 0.2) is 5.58 Å². The van der Waals surface area contributed by atoms with Crippen molar-refractivity contribution in [2.45, 2.75) is 13.3 Å². The molecule has 2 rings (SSSR count). The first kappa shape index (κ1) is 11.2. The normalized spacial score (nSPS) is 10.6. The standard InChI is InChI=1S/C12H10O5/c1-2-6-5-9(14)17-11-7(6)3-4-8(13)10(11)12(15)16/h3-5,13H,2H2,1H3,(H,15,16). The van der Waals surface area contributed by atoms with Crippen molar-refractivity contribution in [3.63, 3.8) is 0 Å². The van der Waals surface area contributed by atoms with Gasteiger partial charge in [0.25, 0.3) is 0 Å². The number of carboxylic acids is 1. The van der Waals surface area contributed by atoms with Gasteiger partial charge >= 0.3 is 11.6 Å². The summed E-state index contributed by atoms with van der Waals surface area (Å²) in [5, 5.41) is 19.0. The van der Waals surface area contributed by atoms with Crippen LogP contribution in [0.3, 0.4) is 0 Å². The number of fused-ring (bicyclic) bond motifs is 1.